The molecule has 154 valence electrons. The van der Waals surface area contributed by atoms with E-state index < -0.39 is 6.04 Å². The standard InChI is InChI=1S/C22H28N4O2S/c1-14(2)18(20(28)23-12-17-13-26-10-11-29-21(26)24-17)25-19(27)15-6-8-16(9-7-15)22(3,4)5/h6-11,13-14,18H,12H2,1-5H3,(H,23,28)(H,25,27). The van der Waals surface area contributed by atoms with Crippen LogP contribution in [0.1, 0.15) is 56.2 Å². The van der Waals surface area contributed by atoms with Gasteiger partial charge in [0.1, 0.15) is 6.04 Å². The summed E-state index contributed by atoms with van der Waals surface area (Å²) in [6, 6.07) is 6.92. The fourth-order valence-corrected chi connectivity index (χ4v) is 3.75. The molecule has 1 atom stereocenters. The molecule has 0 saturated heterocycles. The summed E-state index contributed by atoms with van der Waals surface area (Å²) in [5.74, 6) is -0.504. The van der Waals surface area contributed by atoms with Crippen molar-refractivity contribution >= 4 is 28.1 Å². The monoisotopic (exact) mass is 412 g/mol. The predicted molar refractivity (Wildman–Crippen MR) is 116 cm³/mol. The van der Waals surface area contributed by atoms with Crippen LogP contribution in [0.25, 0.3) is 4.96 Å². The van der Waals surface area contributed by atoms with E-state index in [0.29, 0.717) is 12.1 Å². The van der Waals surface area contributed by atoms with Gasteiger partial charge in [-0.25, -0.2) is 4.98 Å². The maximum absolute atomic E-state index is 12.7. The molecule has 7 heteroatoms. The Morgan fingerprint density at radius 2 is 1.86 bits per heavy atom. The minimum atomic E-state index is -0.617. The maximum atomic E-state index is 12.7. The molecule has 1 unspecified atom stereocenters. The molecule has 0 spiro atoms. The first-order valence-corrected chi connectivity index (χ1v) is 10.6. The zero-order valence-electron chi connectivity index (χ0n) is 17.5. The highest BCUT2D eigenvalue weighted by Crippen LogP contribution is 2.22. The highest BCUT2D eigenvalue weighted by atomic mass is 32.1. The second kappa shape index (κ2) is 8.37. The van der Waals surface area contributed by atoms with Gasteiger partial charge in [-0.15, -0.1) is 11.3 Å². The lowest BCUT2D eigenvalue weighted by molar-refractivity contribution is -0.124. The zero-order valence-corrected chi connectivity index (χ0v) is 18.3. The quantitative estimate of drug-likeness (QED) is 0.647. The number of imidazole rings is 1. The van der Waals surface area contributed by atoms with E-state index in [1.165, 1.54) is 0 Å². The first kappa shape index (κ1) is 21.0. The van der Waals surface area contributed by atoms with Gasteiger partial charge in [-0.1, -0.05) is 46.8 Å². The topological polar surface area (TPSA) is 75.5 Å². The van der Waals surface area contributed by atoms with Crippen LogP contribution in [0, 0.1) is 5.92 Å². The smallest absolute Gasteiger partial charge is 0.251 e. The molecule has 3 aromatic rings. The third kappa shape index (κ3) is 5.03. The summed E-state index contributed by atoms with van der Waals surface area (Å²) in [6.45, 7) is 10.5. The lowest BCUT2D eigenvalue weighted by atomic mass is 9.86. The highest BCUT2D eigenvalue weighted by molar-refractivity contribution is 7.15. The lowest BCUT2D eigenvalue weighted by Crippen LogP contribution is -2.49. The molecule has 2 N–H and O–H groups in total. The van der Waals surface area contributed by atoms with Crippen molar-refractivity contribution in [3.63, 3.8) is 0 Å². The van der Waals surface area contributed by atoms with Gasteiger partial charge in [0.15, 0.2) is 4.96 Å². The molecule has 0 bridgehead atoms. The van der Waals surface area contributed by atoms with Gasteiger partial charge < -0.3 is 10.6 Å². The summed E-state index contributed by atoms with van der Waals surface area (Å²) < 4.78 is 1.93. The largest absolute Gasteiger partial charge is 0.349 e. The van der Waals surface area contributed by atoms with Crippen LogP contribution in [0.15, 0.2) is 42.0 Å². The normalized spacial score (nSPS) is 12.9. The summed E-state index contributed by atoms with van der Waals surface area (Å²) in [5, 5.41) is 7.73. The SMILES string of the molecule is CC(C)C(NC(=O)c1ccc(C(C)(C)C)cc1)C(=O)NCc1cn2ccsc2n1. The van der Waals surface area contributed by atoms with Crippen LogP contribution < -0.4 is 10.6 Å². The van der Waals surface area contributed by atoms with Gasteiger partial charge in [0.25, 0.3) is 5.91 Å². The van der Waals surface area contributed by atoms with Gasteiger partial charge in [0.05, 0.1) is 12.2 Å². The Labute approximate surface area is 175 Å². The number of hydrogen-bond donors (Lipinski definition) is 2. The van der Waals surface area contributed by atoms with Crippen molar-refractivity contribution in [2.75, 3.05) is 0 Å². The van der Waals surface area contributed by atoms with E-state index in [0.717, 1.165) is 16.2 Å². The van der Waals surface area contributed by atoms with E-state index in [-0.39, 0.29) is 23.1 Å². The first-order valence-electron chi connectivity index (χ1n) is 9.75. The van der Waals surface area contributed by atoms with Crippen LogP contribution in [0.4, 0.5) is 0 Å². The molecule has 0 fully saturated rings. The predicted octanol–water partition coefficient (Wildman–Crippen LogP) is 3.76. The average Bonchev–Trinajstić information content (AvgIpc) is 3.24. The average molecular weight is 413 g/mol. The van der Waals surface area contributed by atoms with Crippen molar-refractivity contribution < 1.29 is 9.59 Å². The van der Waals surface area contributed by atoms with Crippen LogP contribution in [0.2, 0.25) is 0 Å². The van der Waals surface area contributed by atoms with Crippen molar-refractivity contribution in [2.45, 2.75) is 52.6 Å². The molecule has 0 aliphatic carbocycles. The number of carbonyl (C=O) groups is 2. The number of nitrogens with one attached hydrogen (secondary N) is 2. The van der Waals surface area contributed by atoms with Crippen LogP contribution in [0.3, 0.4) is 0 Å². The number of fused-ring (bicyclic) bond motifs is 1. The second-order valence-electron chi connectivity index (χ2n) is 8.57. The van der Waals surface area contributed by atoms with Crippen molar-refractivity contribution in [3.05, 3.63) is 58.9 Å². The molecule has 0 saturated carbocycles. The van der Waals surface area contributed by atoms with E-state index in [4.69, 9.17) is 0 Å². The Hall–Kier alpha value is -2.67. The van der Waals surface area contributed by atoms with Crippen molar-refractivity contribution in [1.82, 2.24) is 20.0 Å². The highest BCUT2D eigenvalue weighted by Gasteiger charge is 2.25. The maximum Gasteiger partial charge on any atom is 0.251 e. The number of benzene rings is 1. The van der Waals surface area contributed by atoms with E-state index in [2.05, 4.69) is 36.4 Å². The van der Waals surface area contributed by atoms with Gasteiger partial charge >= 0.3 is 0 Å². The Bertz CT molecular complexity index is 967. The number of rotatable bonds is 6. The third-order valence-electron chi connectivity index (χ3n) is 4.84. The van der Waals surface area contributed by atoms with Crippen LogP contribution in [0.5, 0.6) is 0 Å². The Morgan fingerprint density at radius 1 is 1.17 bits per heavy atom. The fraction of sp³-hybridized carbons (Fsp3) is 0.409. The molecule has 1 aromatic carbocycles. The molecule has 2 aromatic heterocycles. The Balaban J connectivity index is 1.63. The Kier molecular flexibility index (Phi) is 6.07. The van der Waals surface area contributed by atoms with Crippen molar-refractivity contribution in [2.24, 2.45) is 5.92 Å². The summed E-state index contributed by atoms with van der Waals surface area (Å²) in [4.78, 5) is 30.7. The number of hydrogen-bond acceptors (Lipinski definition) is 4. The minimum Gasteiger partial charge on any atom is -0.349 e. The van der Waals surface area contributed by atoms with Gasteiger partial charge in [0.2, 0.25) is 5.91 Å². The number of thiazole rings is 1. The van der Waals surface area contributed by atoms with Crippen LogP contribution in [-0.2, 0) is 16.8 Å². The van der Waals surface area contributed by atoms with Gasteiger partial charge in [0, 0.05) is 23.3 Å². The summed E-state index contributed by atoms with van der Waals surface area (Å²) in [5.41, 5.74) is 2.52. The third-order valence-corrected chi connectivity index (χ3v) is 5.61. The van der Waals surface area contributed by atoms with Crippen molar-refractivity contribution in [1.29, 1.82) is 0 Å². The van der Waals surface area contributed by atoms with Gasteiger partial charge in [-0.05, 0) is 29.0 Å². The molecule has 2 amide bonds. The summed E-state index contributed by atoms with van der Waals surface area (Å²) in [7, 11) is 0. The number of aromatic nitrogens is 2. The van der Waals surface area contributed by atoms with Crippen molar-refractivity contribution in [3.8, 4) is 0 Å². The number of nitrogens with zero attached hydrogens (tertiary/aromatic N) is 2. The molecule has 2 heterocycles. The lowest BCUT2D eigenvalue weighted by Gasteiger charge is -2.22. The zero-order chi connectivity index (χ0) is 21.2. The van der Waals surface area contributed by atoms with Crippen LogP contribution >= 0.6 is 11.3 Å². The molecule has 3 rings (SSSR count). The summed E-state index contributed by atoms with van der Waals surface area (Å²) in [6.07, 6.45) is 3.83. The van der Waals surface area contributed by atoms with E-state index >= 15 is 0 Å². The molecule has 0 aliphatic heterocycles. The second-order valence-corrected chi connectivity index (χ2v) is 9.44. The molecule has 0 aliphatic rings. The van der Waals surface area contributed by atoms with Gasteiger partial charge in [-0.3, -0.25) is 14.0 Å². The molecule has 29 heavy (non-hydrogen) atoms. The van der Waals surface area contributed by atoms with Gasteiger partial charge in [-0.2, -0.15) is 0 Å². The van der Waals surface area contributed by atoms with E-state index in [9.17, 15) is 9.59 Å². The minimum absolute atomic E-state index is 0.0248. The fourth-order valence-electron chi connectivity index (χ4n) is 3.03. The molecule has 0 radical (unpaired) electrons. The summed E-state index contributed by atoms with van der Waals surface area (Å²) >= 11 is 1.54. The molecule has 6 nitrogen and oxygen atoms in total. The van der Waals surface area contributed by atoms with Crippen LogP contribution in [-0.4, -0.2) is 27.2 Å². The van der Waals surface area contributed by atoms with E-state index in [1.54, 1.807) is 11.3 Å². The molecular weight excluding hydrogens is 384 g/mol. The first-order chi connectivity index (χ1) is 13.6. The molecular formula is C22H28N4O2S. The van der Waals surface area contributed by atoms with E-state index in [1.807, 2.05) is 60.3 Å². The number of amides is 2. The Morgan fingerprint density at radius 3 is 2.45 bits per heavy atom. The number of carbonyl (C=O) groups excluding carboxylic acids is 2.